The zero-order valence-electron chi connectivity index (χ0n) is 21.3. The topological polar surface area (TPSA) is 201 Å². The van der Waals surface area contributed by atoms with Crippen molar-refractivity contribution >= 4 is 0 Å². The first-order valence-corrected chi connectivity index (χ1v) is 12.7. The molecule has 0 aliphatic carbocycles. The molecule has 2 heterocycles. The molecule has 2 aliphatic heterocycles. The number of aliphatic hydroxyl groups excluding tert-OH is 1. The number of rotatable bonds is 4. The minimum Gasteiger partial charge on any atom is -0.508 e. The molecule has 11 nitrogen and oxygen atoms in total. The molecule has 212 valence electrons. The van der Waals surface area contributed by atoms with Gasteiger partial charge in [0.1, 0.15) is 46.7 Å². The number of phenols is 8. The number of phenolic OH excluding ortho intramolecular Hbond substituents is 8. The quantitative estimate of drug-likeness (QED) is 0.165. The fourth-order valence-electron chi connectivity index (χ4n) is 5.66. The summed E-state index contributed by atoms with van der Waals surface area (Å²) in [5, 5.41) is 92.6. The summed E-state index contributed by atoms with van der Waals surface area (Å²) in [4.78, 5) is 0. The molecule has 9 N–H and O–H groups in total. The highest BCUT2D eigenvalue weighted by Crippen LogP contribution is 2.55. The molecule has 0 radical (unpaired) electrons. The molecule has 41 heavy (non-hydrogen) atoms. The first-order valence-electron chi connectivity index (χ1n) is 12.7. The smallest absolute Gasteiger partial charge is 0.157 e. The van der Waals surface area contributed by atoms with Gasteiger partial charge in [0, 0.05) is 47.7 Å². The lowest BCUT2D eigenvalue weighted by atomic mass is 9.82. The van der Waals surface area contributed by atoms with Crippen LogP contribution in [0.3, 0.4) is 0 Å². The van der Waals surface area contributed by atoms with Gasteiger partial charge in [0.2, 0.25) is 0 Å². The standard InChI is InChI=1S/C30H26O11/c31-14-7-19(34)15(20(35)8-14)10-25-27(12-1-3-17(32)22(37)5-12)28-26(40-25)11-21(36)16-9-24(39)29(41-30(16)28)13-2-4-18(33)23(38)6-13/h1-8,11,24-25,27,29,31-39H,9-10H2. The van der Waals surface area contributed by atoms with E-state index in [-0.39, 0.29) is 64.4 Å². The van der Waals surface area contributed by atoms with Gasteiger partial charge in [0.25, 0.3) is 0 Å². The average molecular weight is 563 g/mol. The van der Waals surface area contributed by atoms with Crippen molar-refractivity contribution in [2.75, 3.05) is 0 Å². The summed E-state index contributed by atoms with van der Waals surface area (Å²) in [7, 11) is 0. The summed E-state index contributed by atoms with van der Waals surface area (Å²) in [5.41, 5.74) is 1.67. The lowest BCUT2D eigenvalue weighted by molar-refractivity contribution is 0.0191. The normalized spacial score (nSPS) is 21.0. The number of aliphatic hydroxyl groups is 1. The van der Waals surface area contributed by atoms with Gasteiger partial charge in [-0.25, -0.2) is 0 Å². The van der Waals surface area contributed by atoms with Crippen LogP contribution in [0.1, 0.15) is 39.8 Å². The fraction of sp³-hybridized carbons (Fsp3) is 0.200. The van der Waals surface area contributed by atoms with Crippen molar-refractivity contribution in [3.63, 3.8) is 0 Å². The molecule has 2 aliphatic rings. The number of ether oxygens (including phenoxy) is 2. The zero-order chi connectivity index (χ0) is 29.2. The minimum atomic E-state index is -1.13. The molecule has 0 spiro atoms. The third-order valence-electron chi connectivity index (χ3n) is 7.61. The summed E-state index contributed by atoms with van der Waals surface area (Å²) < 4.78 is 12.5. The van der Waals surface area contributed by atoms with E-state index in [1.54, 1.807) is 6.07 Å². The Morgan fingerprint density at radius 2 is 1.24 bits per heavy atom. The van der Waals surface area contributed by atoms with E-state index in [1.807, 2.05) is 0 Å². The van der Waals surface area contributed by atoms with Crippen LogP contribution in [0.2, 0.25) is 0 Å². The van der Waals surface area contributed by atoms with Crippen molar-refractivity contribution in [1.82, 2.24) is 0 Å². The van der Waals surface area contributed by atoms with Gasteiger partial charge < -0.3 is 55.4 Å². The molecule has 0 saturated carbocycles. The Morgan fingerprint density at radius 3 is 1.88 bits per heavy atom. The van der Waals surface area contributed by atoms with Gasteiger partial charge in [-0.3, -0.25) is 0 Å². The Hall–Kier alpha value is -5.16. The third kappa shape index (κ3) is 4.36. The van der Waals surface area contributed by atoms with E-state index in [4.69, 9.17) is 9.47 Å². The lowest BCUT2D eigenvalue weighted by Crippen LogP contribution is -2.31. The molecule has 4 unspecified atom stereocenters. The number of benzene rings is 4. The van der Waals surface area contributed by atoms with Gasteiger partial charge in [-0.15, -0.1) is 0 Å². The van der Waals surface area contributed by atoms with Gasteiger partial charge in [0.15, 0.2) is 23.0 Å². The van der Waals surface area contributed by atoms with Crippen molar-refractivity contribution in [1.29, 1.82) is 0 Å². The summed E-state index contributed by atoms with van der Waals surface area (Å²) in [5.74, 6) is -3.10. The molecule has 0 saturated heterocycles. The minimum absolute atomic E-state index is 0.0293. The number of fused-ring (bicyclic) bond motifs is 3. The van der Waals surface area contributed by atoms with Crippen LogP contribution in [0, 0.1) is 0 Å². The highest BCUT2D eigenvalue weighted by atomic mass is 16.5. The second kappa shape index (κ2) is 9.49. The molecule has 4 aromatic carbocycles. The van der Waals surface area contributed by atoms with Gasteiger partial charge in [-0.1, -0.05) is 12.1 Å². The van der Waals surface area contributed by atoms with Crippen LogP contribution in [0.15, 0.2) is 54.6 Å². The third-order valence-corrected chi connectivity index (χ3v) is 7.61. The molecule has 4 atom stereocenters. The first-order chi connectivity index (χ1) is 19.5. The number of hydrogen-bond acceptors (Lipinski definition) is 11. The predicted molar refractivity (Wildman–Crippen MR) is 142 cm³/mol. The largest absolute Gasteiger partial charge is 0.508 e. The number of aromatic hydroxyl groups is 8. The zero-order valence-corrected chi connectivity index (χ0v) is 21.3. The maximum absolute atomic E-state index is 10.9. The van der Waals surface area contributed by atoms with Gasteiger partial charge in [0.05, 0.1) is 12.0 Å². The van der Waals surface area contributed by atoms with Crippen LogP contribution in [0.4, 0.5) is 0 Å². The first kappa shape index (κ1) is 26.1. The van der Waals surface area contributed by atoms with Crippen molar-refractivity contribution < 1.29 is 55.4 Å². The fourth-order valence-corrected chi connectivity index (χ4v) is 5.66. The summed E-state index contributed by atoms with van der Waals surface area (Å²) >= 11 is 0. The van der Waals surface area contributed by atoms with E-state index in [9.17, 15) is 46.0 Å². The summed E-state index contributed by atoms with van der Waals surface area (Å²) in [6, 6.07) is 11.8. The van der Waals surface area contributed by atoms with Crippen molar-refractivity contribution in [3.05, 3.63) is 82.4 Å². The van der Waals surface area contributed by atoms with Crippen molar-refractivity contribution in [2.24, 2.45) is 0 Å². The number of hydrogen-bond donors (Lipinski definition) is 9. The van der Waals surface area contributed by atoms with Crippen molar-refractivity contribution in [2.45, 2.75) is 37.1 Å². The molecule has 0 aromatic heterocycles. The van der Waals surface area contributed by atoms with E-state index < -0.39 is 35.7 Å². The molecule has 0 amide bonds. The Morgan fingerprint density at radius 1 is 0.634 bits per heavy atom. The lowest BCUT2D eigenvalue weighted by Gasteiger charge is -2.33. The molecular formula is C30H26O11. The van der Waals surface area contributed by atoms with E-state index in [0.717, 1.165) is 12.1 Å². The van der Waals surface area contributed by atoms with E-state index in [0.29, 0.717) is 22.3 Å². The Bertz CT molecular complexity index is 1660. The van der Waals surface area contributed by atoms with Crippen LogP contribution in [0.25, 0.3) is 0 Å². The maximum atomic E-state index is 10.9. The molecular weight excluding hydrogens is 536 g/mol. The highest BCUT2D eigenvalue weighted by Gasteiger charge is 2.44. The second-order valence-corrected chi connectivity index (χ2v) is 10.2. The van der Waals surface area contributed by atoms with E-state index in [2.05, 4.69) is 0 Å². The molecule has 0 fully saturated rings. The van der Waals surface area contributed by atoms with Crippen LogP contribution in [-0.2, 0) is 12.8 Å². The van der Waals surface area contributed by atoms with Gasteiger partial charge >= 0.3 is 0 Å². The molecule has 6 rings (SSSR count). The summed E-state index contributed by atoms with van der Waals surface area (Å²) in [6.45, 7) is 0. The SMILES string of the molecule is Oc1cc(O)c(CC2Oc3cc(O)c4c(c3C2c2ccc(O)c(O)c2)OC(c2ccc(O)c(O)c2)C(O)C4)c(O)c1. The molecule has 11 heteroatoms. The Labute approximate surface area is 232 Å². The monoisotopic (exact) mass is 562 g/mol. The van der Waals surface area contributed by atoms with Crippen LogP contribution in [0.5, 0.6) is 57.5 Å². The van der Waals surface area contributed by atoms with Crippen LogP contribution < -0.4 is 9.47 Å². The van der Waals surface area contributed by atoms with Gasteiger partial charge in [-0.2, -0.15) is 0 Å². The average Bonchev–Trinajstić information content (AvgIpc) is 3.27. The summed E-state index contributed by atoms with van der Waals surface area (Å²) in [6.07, 6.45) is -3.08. The Balaban J connectivity index is 1.50. The molecule has 4 aromatic rings. The van der Waals surface area contributed by atoms with Crippen molar-refractivity contribution in [3.8, 4) is 57.5 Å². The predicted octanol–water partition coefficient (Wildman–Crippen LogP) is 3.50. The highest BCUT2D eigenvalue weighted by molar-refractivity contribution is 5.65. The second-order valence-electron chi connectivity index (χ2n) is 10.2. The van der Waals surface area contributed by atoms with Crippen LogP contribution in [-0.4, -0.2) is 58.2 Å². The van der Waals surface area contributed by atoms with Crippen LogP contribution >= 0.6 is 0 Å². The molecule has 0 bridgehead atoms. The van der Waals surface area contributed by atoms with E-state index >= 15 is 0 Å². The maximum Gasteiger partial charge on any atom is 0.157 e. The Kier molecular flexibility index (Phi) is 6.04. The van der Waals surface area contributed by atoms with E-state index in [1.165, 1.54) is 36.4 Å². The van der Waals surface area contributed by atoms with Gasteiger partial charge in [-0.05, 0) is 35.4 Å².